The lowest BCUT2D eigenvalue weighted by Crippen LogP contribution is -2.47. The smallest absolute Gasteiger partial charge is 0.303 e. The summed E-state index contributed by atoms with van der Waals surface area (Å²) >= 11 is 0. The van der Waals surface area contributed by atoms with Crippen molar-refractivity contribution >= 4 is 5.97 Å². The second kappa shape index (κ2) is 4.13. The molecule has 0 unspecified atom stereocenters. The van der Waals surface area contributed by atoms with Crippen LogP contribution in [-0.2, 0) is 4.79 Å². The molecule has 0 aromatic heterocycles. The van der Waals surface area contributed by atoms with E-state index in [1.54, 1.807) is 0 Å². The highest BCUT2D eigenvalue weighted by molar-refractivity contribution is 5.67. The van der Waals surface area contributed by atoms with E-state index in [2.05, 4.69) is 16.7 Å². The molecule has 1 aliphatic heterocycles. The fraction of sp³-hybridized carbons (Fsp3) is 0.667. The van der Waals surface area contributed by atoms with E-state index in [9.17, 15) is 4.79 Å². The second-order valence-electron chi connectivity index (χ2n) is 3.08. The molecule has 1 N–H and O–H groups in total. The predicted octanol–water partition coefficient (Wildman–Crippen LogP) is 0.416. The number of likely N-dealkylation sites (tertiary alicyclic amines) is 1. The number of hydrogen-bond donors (Lipinski definition) is 1. The monoisotopic (exact) mass is 167 g/mol. The van der Waals surface area contributed by atoms with Gasteiger partial charge in [-0.2, -0.15) is 0 Å². The van der Waals surface area contributed by atoms with Crippen molar-refractivity contribution in [2.45, 2.75) is 13.3 Å². The number of carboxylic acid groups (broad SMARTS) is 1. The molecule has 12 heavy (non-hydrogen) atoms. The molecule has 3 nitrogen and oxygen atoms in total. The maximum Gasteiger partial charge on any atom is 0.303 e. The molecule has 0 aliphatic carbocycles. The Balaban J connectivity index is 2.10. The largest absolute Gasteiger partial charge is 0.481 e. The zero-order chi connectivity index (χ0) is 8.97. The van der Waals surface area contributed by atoms with Crippen molar-refractivity contribution in [3.8, 4) is 11.8 Å². The first-order valence-electron chi connectivity index (χ1n) is 4.06. The summed E-state index contributed by atoms with van der Waals surface area (Å²) in [5.41, 5.74) is 0. The predicted molar refractivity (Wildman–Crippen MR) is 45.6 cm³/mol. The highest BCUT2D eigenvalue weighted by atomic mass is 16.4. The molecule has 0 saturated carbocycles. The minimum absolute atomic E-state index is 0.302. The summed E-state index contributed by atoms with van der Waals surface area (Å²) in [5.74, 6) is 5.42. The van der Waals surface area contributed by atoms with E-state index in [4.69, 9.17) is 5.11 Å². The summed E-state index contributed by atoms with van der Waals surface area (Å²) < 4.78 is 0. The third kappa shape index (κ3) is 2.55. The van der Waals surface area contributed by atoms with E-state index in [1.165, 1.54) is 0 Å². The maximum absolute atomic E-state index is 10.3. The van der Waals surface area contributed by atoms with Crippen LogP contribution in [0.25, 0.3) is 0 Å². The SMILES string of the molecule is CC#CCN1CC(CC(=O)O)C1. The first-order chi connectivity index (χ1) is 5.72. The Morgan fingerprint density at radius 2 is 2.33 bits per heavy atom. The molecular formula is C9H13NO2. The zero-order valence-electron chi connectivity index (χ0n) is 7.21. The molecule has 0 bridgehead atoms. The Kier molecular flexibility index (Phi) is 3.12. The van der Waals surface area contributed by atoms with Gasteiger partial charge in [0.1, 0.15) is 0 Å². The van der Waals surface area contributed by atoms with Crippen LogP contribution in [0.3, 0.4) is 0 Å². The number of hydrogen-bond acceptors (Lipinski definition) is 2. The summed E-state index contributed by atoms with van der Waals surface area (Å²) in [6.45, 7) is 4.38. The molecule has 1 rings (SSSR count). The van der Waals surface area contributed by atoms with Crippen LogP contribution in [-0.4, -0.2) is 35.6 Å². The van der Waals surface area contributed by atoms with Gasteiger partial charge in [-0.1, -0.05) is 5.92 Å². The van der Waals surface area contributed by atoms with Gasteiger partial charge in [0, 0.05) is 13.1 Å². The van der Waals surface area contributed by atoms with Crippen LogP contribution in [0.15, 0.2) is 0 Å². The number of carbonyl (C=O) groups is 1. The van der Waals surface area contributed by atoms with Crippen molar-refractivity contribution < 1.29 is 9.90 Å². The van der Waals surface area contributed by atoms with Crippen LogP contribution in [0.4, 0.5) is 0 Å². The van der Waals surface area contributed by atoms with Gasteiger partial charge in [0.2, 0.25) is 0 Å². The van der Waals surface area contributed by atoms with Crippen molar-refractivity contribution in [3.05, 3.63) is 0 Å². The van der Waals surface area contributed by atoms with Crippen LogP contribution < -0.4 is 0 Å². The molecule has 1 saturated heterocycles. The van der Waals surface area contributed by atoms with E-state index in [1.807, 2.05) is 6.92 Å². The maximum atomic E-state index is 10.3. The fourth-order valence-corrected chi connectivity index (χ4v) is 1.37. The fourth-order valence-electron chi connectivity index (χ4n) is 1.37. The van der Waals surface area contributed by atoms with Gasteiger partial charge in [-0.25, -0.2) is 0 Å². The topological polar surface area (TPSA) is 40.5 Å². The normalized spacial score (nSPS) is 17.8. The van der Waals surface area contributed by atoms with Crippen LogP contribution in [0.1, 0.15) is 13.3 Å². The quantitative estimate of drug-likeness (QED) is 0.619. The molecular weight excluding hydrogens is 154 g/mol. The summed E-state index contributed by atoms with van der Waals surface area (Å²) in [7, 11) is 0. The molecule has 66 valence electrons. The Bertz CT molecular complexity index is 220. The van der Waals surface area contributed by atoms with Crippen molar-refractivity contribution in [2.75, 3.05) is 19.6 Å². The van der Waals surface area contributed by atoms with Crippen molar-refractivity contribution in [1.82, 2.24) is 4.90 Å². The lowest BCUT2D eigenvalue weighted by molar-refractivity contribution is -0.139. The minimum Gasteiger partial charge on any atom is -0.481 e. The molecule has 0 atom stereocenters. The highest BCUT2D eigenvalue weighted by Gasteiger charge is 2.27. The van der Waals surface area contributed by atoms with Gasteiger partial charge in [-0.3, -0.25) is 9.69 Å². The highest BCUT2D eigenvalue weighted by Crippen LogP contribution is 2.17. The zero-order valence-corrected chi connectivity index (χ0v) is 7.21. The molecule has 0 aromatic carbocycles. The third-order valence-electron chi connectivity index (χ3n) is 1.98. The van der Waals surface area contributed by atoms with Gasteiger partial charge in [0.05, 0.1) is 13.0 Å². The molecule has 1 fully saturated rings. The van der Waals surface area contributed by atoms with Crippen LogP contribution >= 0.6 is 0 Å². The van der Waals surface area contributed by atoms with E-state index in [0.717, 1.165) is 19.6 Å². The summed E-state index contributed by atoms with van der Waals surface area (Å²) in [5, 5.41) is 8.46. The number of nitrogens with zero attached hydrogens (tertiary/aromatic N) is 1. The van der Waals surface area contributed by atoms with Crippen LogP contribution in [0.5, 0.6) is 0 Å². The van der Waals surface area contributed by atoms with Gasteiger partial charge < -0.3 is 5.11 Å². The van der Waals surface area contributed by atoms with Crippen LogP contribution in [0.2, 0.25) is 0 Å². The van der Waals surface area contributed by atoms with E-state index < -0.39 is 5.97 Å². The molecule has 1 heterocycles. The number of aliphatic carboxylic acids is 1. The molecule has 0 aromatic rings. The average molecular weight is 167 g/mol. The van der Waals surface area contributed by atoms with E-state index in [-0.39, 0.29) is 0 Å². The summed E-state index contributed by atoms with van der Waals surface area (Å²) in [4.78, 5) is 12.4. The second-order valence-corrected chi connectivity index (χ2v) is 3.08. The summed E-state index contributed by atoms with van der Waals surface area (Å²) in [6, 6.07) is 0. The Labute approximate surface area is 72.4 Å². The van der Waals surface area contributed by atoms with Crippen molar-refractivity contribution in [3.63, 3.8) is 0 Å². The van der Waals surface area contributed by atoms with Crippen molar-refractivity contribution in [1.29, 1.82) is 0 Å². The van der Waals surface area contributed by atoms with Gasteiger partial charge in [0.25, 0.3) is 0 Å². The van der Waals surface area contributed by atoms with E-state index in [0.29, 0.717) is 12.3 Å². The van der Waals surface area contributed by atoms with Crippen LogP contribution in [0, 0.1) is 17.8 Å². The van der Waals surface area contributed by atoms with Gasteiger partial charge in [0.15, 0.2) is 0 Å². The number of carboxylic acids is 1. The lowest BCUT2D eigenvalue weighted by Gasteiger charge is -2.37. The Morgan fingerprint density at radius 3 is 2.83 bits per heavy atom. The lowest BCUT2D eigenvalue weighted by atomic mass is 9.97. The van der Waals surface area contributed by atoms with Gasteiger partial charge in [-0.15, -0.1) is 5.92 Å². The molecule has 3 heteroatoms. The molecule has 0 radical (unpaired) electrons. The molecule has 1 aliphatic rings. The average Bonchev–Trinajstić information content (AvgIpc) is 1.93. The van der Waals surface area contributed by atoms with Gasteiger partial charge >= 0.3 is 5.97 Å². The third-order valence-corrected chi connectivity index (χ3v) is 1.98. The number of rotatable bonds is 3. The standard InChI is InChI=1S/C9H13NO2/c1-2-3-4-10-6-8(7-10)5-9(11)12/h8H,4-7H2,1H3,(H,11,12). The Morgan fingerprint density at radius 1 is 1.67 bits per heavy atom. The van der Waals surface area contributed by atoms with Crippen molar-refractivity contribution in [2.24, 2.45) is 5.92 Å². The Hall–Kier alpha value is -1.01. The first-order valence-corrected chi connectivity index (χ1v) is 4.06. The summed E-state index contributed by atoms with van der Waals surface area (Å²) in [6.07, 6.45) is 0.302. The minimum atomic E-state index is -0.693. The molecule has 0 spiro atoms. The first kappa shape index (κ1) is 9.08. The molecule has 0 amide bonds. The van der Waals surface area contributed by atoms with E-state index >= 15 is 0 Å². The van der Waals surface area contributed by atoms with Gasteiger partial charge in [-0.05, 0) is 12.8 Å².